The van der Waals surface area contributed by atoms with E-state index >= 15 is 0 Å². The molecule has 0 saturated carbocycles. The lowest BCUT2D eigenvalue weighted by molar-refractivity contribution is 0.296. The first-order valence-electron chi connectivity index (χ1n) is 9.01. The normalized spacial score (nSPS) is 20.0. The summed E-state index contributed by atoms with van der Waals surface area (Å²) in [6.45, 7) is 1.69. The van der Waals surface area contributed by atoms with Gasteiger partial charge < -0.3 is 9.47 Å². The SMILES string of the molecule is N#Cc1ccc(S(=O)(=O)N2CCCC2c2ccc3c(c2)OCCCO3)cc1. The topological polar surface area (TPSA) is 79.6 Å². The monoisotopic (exact) mass is 384 g/mol. The molecule has 1 unspecified atom stereocenters. The molecule has 1 fully saturated rings. The van der Waals surface area contributed by atoms with Crippen LogP contribution >= 0.6 is 0 Å². The van der Waals surface area contributed by atoms with Crippen molar-refractivity contribution in [3.05, 3.63) is 53.6 Å². The van der Waals surface area contributed by atoms with Crippen molar-refractivity contribution >= 4 is 10.0 Å². The first kappa shape index (κ1) is 17.8. The Bertz CT molecular complexity index is 980. The van der Waals surface area contributed by atoms with Gasteiger partial charge in [0, 0.05) is 13.0 Å². The van der Waals surface area contributed by atoms with Gasteiger partial charge in [0.25, 0.3) is 0 Å². The largest absolute Gasteiger partial charge is 0.490 e. The van der Waals surface area contributed by atoms with E-state index in [1.54, 1.807) is 4.31 Å². The van der Waals surface area contributed by atoms with Crippen molar-refractivity contribution in [2.75, 3.05) is 19.8 Å². The third kappa shape index (κ3) is 3.38. The number of sulfonamides is 1. The fourth-order valence-electron chi connectivity index (χ4n) is 3.58. The van der Waals surface area contributed by atoms with Crippen LogP contribution in [0.5, 0.6) is 11.5 Å². The highest BCUT2D eigenvalue weighted by Gasteiger charge is 2.36. The molecule has 140 valence electrons. The standard InChI is InChI=1S/C20H20N2O4S/c21-14-15-4-7-17(8-5-15)27(23,24)22-10-1-3-18(22)16-6-9-19-20(13-16)26-12-2-11-25-19/h4-9,13,18H,1-3,10-12H2. The summed E-state index contributed by atoms with van der Waals surface area (Å²) < 4.78 is 39.3. The first-order valence-corrected chi connectivity index (χ1v) is 10.5. The van der Waals surface area contributed by atoms with Crippen molar-refractivity contribution in [3.63, 3.8) is 0 Å². The van der Waals surface area contributed by atoms with Gasteiger partial charge >= 0.3 is 0 Å². The minimum absolute atomic E-state index is 0.211. The third-order valence-corrected chi connectivity index (χ3v) is 6.87. The van der Waals surface area contributed by atoms with E-state index in [9.17, 15) is 8.42 Å². The number of nitrogens with zero attached hydrogens (tertiary/aromatic N) is 2. The van der Waals surface area contributed by atoms with E-state index in [-0.39, 0.29) is 10.9 Å². The maximum Gasteiger partial charge on any atom is 0.243 e. The average molecular weight is 384 g/mol. The van der Waals surface area contributed by atoms with Crippen LogP contribution in [0.1, 0.15) is 36.4 Å². The number of fused-ring (bicyclic) bond motifs is 1. The number of nitriles is 1. The predicted octanol–water partition coefficient (Wildman–Crippen LogP) is 3.25. The van der Waals surface area contributed by atoms with Crippen LogP contribution in [0.15, 0.2) is 47.4 Å². The molecule has 1 saturated heterocycles. The molecule has 6 nitrogen and oxygen atoms in total. The zero-order valence-electron chi connectivity index (χ0n) is 14.8. The van der Waals surface area contributed by atoms with E-state index in [1.165, 1.54) is 24.3 Å². The molecule has 2 aromatic carbocycles. The smallest absolute Gasteiger partial charge is 0.243 e. The minimum atomic E-state index is -3.64. The summed E-state index contributed by atoms with van der Waals surface area (Å²) in [7, 11) is -3.64. The maximum absolute atomic E-state index is 13.1. The number of rotatable bonds is 3. The van der Waals surface area contributed by atoms with Crippen LogP contribution in [-0.4, -0.2) is 32.5 Å². The molecular weight excluding hydrogens is 364 g/mol. The minimum Gasteiger partial charge on any atom is -0.490 e. The van der Waals surface area contributed by atoms with E-state index in [1.807, 2.05) is 24.3 Å². The van der Waals surface area contributed by atoms with Crippen LogP contribution in [0.25, 0.3) is 0 Å². The van der Waals surface area contributed by atoms with Gasteiger partial charge in [-0.3, -0.25) is 0 Å². The zero-order chi connectivity index (χ0) is 18.9. The Morgan fingerprint density at radius 2 is 1.74 bits per heavy atom. The molecule has 2 aromatic rings. The lowest BCUT2D eigenvalue weighted by Crippen LogP contribution is -2.30. The Balaban J connectivity index is 1.65. The predicted molar refractivity (Wildman–Crippen MR) is 99.1 cm³/mol. The second-order valence-electron chi connectivity index (χ2n) is 6.67. The Hall–Kier alpha value is -2.56. The number of ether oxygens (including phenoxy) is 2. The van der Waals surface area contributed by atoms with Gasteiger partial charge in [0.05, 0.1) is 35.8 Å². The highest BCUT2D eigenvalue weighted by molar-refractivity contribution is 7.89. The molecule has 0 spiro atoms. The van der Waals surface area contributed by atoms with Gasteiger partial charge in [-0.2, -0.15) is 9.57 Å². The van der Waals surface area contributed by atoms with Crippen molar-refractivity contribution in [1.82, 2.24) is 4.31 Å². The molecule has 0 radical (unpaired) electrons. The molecule has 0 N–H and O–H groups in total. The second kappa shape index (κ2) is 7.22. The van der Waals surface area contributed by atoms with Crippen molar-refractivity contribution in [2.45, 2.75) is 30.2 Å². The highest BCUT2D eigenvalue weighted by Crippen LogP contribution is 2.40. The van der Waals surface area contributed by atoms with Crippen LogP contribution in [0.4, 0.5) is 0 Å². The molecular formula is C20H20N2O4S. The van der Waals surface area contributed by atoms with Crippen molar-refractivity contribution in [2.24, 2.45) is 0 Å². The van der Waals surface area contributed by atoms with Crippen LogP contribution in [0.3, 0.4) is 0 Å². The van der Waals surface area contributed by atoms with Gasteiger partial charge in [0.2, 0.25) is 10.0 Å². The third-order valence-electron chi connectivity index (χ3n) is 4.95. The average Bonchev–Trinajstić information content (AvgIpc) is 3.08. The summed E-state index contributed by atoms with van der Waals surface area (Å²) in [5, 5.41) is 8.92. The van der Waals surface area contributed by atoms with Crippen molar-refractivity contribution < 1.29 is 17.9 Å². The molecule has 1 atom stereocenters. The molecule has 0 aliphatic carbocycles. The summed E-state index contributed by atoms with van der Waals surface area (Å²) in [6.07, 6.45) is 2.39. The summed E-state index contributed by atoms with van der Waals surface area (Å²) in [5.41, 5.74) is 1.35. The van der Waals surface area contributed by atoms with Crippen LogP contribution in [-0.2, 0) is 10.0 Å². The lowest BCUT2D eigenvalue weighted by Gasteiger charge is -2.25. The molecule has 0 amide bonds. The second-order valence-corrected chi connectivity index (χ2v) is 8.56. The molecule has 7 heteroatoms. The molecule has 2 heterocycles. The zero-order valence-corrected chi connectivity index (χ0v) is 15.6. The van der Waals surface area contributed by atoms with E-state index in [0.717, 1.165) is 24.8 Å². The number of benzene rings is 2. The Morgan fingerprint density at radius 1 is 1.00 bits per heavy atom. The van der Waals surface area contributed by atoms with E-state index < -0.39 is 10.0 Å². The van der Waals surface area contributed by atoms with Crippen LogP contribution in [0, 0.1) is 11.3 Å². The van der Waals surface area contributed by atoms with E-state index in [2.05, 4.69) is 0 Å². The maximum atomic E-state index is 13.1. The quantitative estimate of drug-likeness (QED) is 0.812. The Morgan fingerprint density at radius 3 is 2.48 bits per heavy atom. The molecule has 0 aromatic heterocycles. The van der Waals surface area contributed by atoms with Gasteiger partial charge in [-0.25, -0.2) is 8.42 Å². The van der Waals surface area contributed by atoms with Crippen molar-refractivity contribution in [3.8, 4) is 17.6 Å². The fraction of sp³-hybridized carbons (Fsp3) is 0.350. The summed E-state index contributed by atoms with van der Waals surface area (Å²) in [5.74, 6) is 1.38. The summed E-state index contributed by atoms with van der Waals surface area (Å²) in [4.78, 5) is 0.211. The van der Waals surface area contributed by atoms with Gasteiger partial charge in [-0.05, 0) is 54.8 Å². The summed E-state index contributed by atoms with van der Waals surface area (Å²) in [6, 6.07) is 13.5. The number of hydrogen-bond donors (Lipinski definition) is 0. The fourth-order valence-corrected chi connectivity index (χ4v) is 5.27. The molecule has 4 rings (SSSR count). The van der Waals surface area contributed by atoms with E-state index in [4.69, 9.17) is 14.7 Å². The van der Waals surface area contributed by atoms with Gasteiger partial charge in [0.15, 0.2) is 11.5 Å². The highest BCUT2D eigenvalue weighted by atomic mass is 32.2. The van der Waals surface area contributed by atoms with Crippen LogP contribution < -0.4 is 9.47 Å². The van der Waals surface area contributed by atoms with Crippen LogP contribution in [0.2, 0.25) is 0 Å². The van der Waals surface area contributed by atoms with Gasteiger partial charge in [-0.1, -0.05) is 6.07 Å². The van der Waals surface area contributed by atoms with Gasteiger partial charge in [-0.15, -0.1) is 0 Å². The molecule has 27 heavy (non-hydrogen) atoms. The molecule has 0 bridgehead atoms. The lowest BCUT2D eigenvalue weighted by atomic mass is 10.0. The molecule has 2 aliphatic rings. The number of hydrogen-bond acceptors (Lipinski definition) is 5. The molecule has 2 aliphatic heterocycles. The first-order chi connectivity index (χ1) is 13.1. The van der Waals surface area contributed by atoms with Crippen molar-refractivity contribution in [1.29, 1.82) is 5.26 Å². The van der Waals surface area contributed by atoms with E-state index in [0.29, 0.717) is 36.8 Å². The Labute approximate surface area is 159 Å². The Kier molecular flexibility index (Phi) is 4.77. The van der Waals surface area contributed by atoms with Gasteiger partial charge in [0.1, 0.15) is 0 Å². The summed E-state index contributed by atoms with van der Waals surface area (Å²) >= 11 is 0.